The minimum absolute atomic E-state index is 0.0789. The van der Waals surface area contributed by atoms with Crippen molar-refractivity contribution in [3.63, 3.8) is 0 Å². The lowest BCUT2D eigenvalue weighted by Gasteiger charge is -2.28. The molecule has 3 aliphatic rings. The SMILES string of the molecule is Nc1nc2c(ncn2[C@@H]2O[C@@H]3CO[P@@](=O)(S)O[C@H]4[C@@H](O)[C@H](n5cnc6c(N)ncnc65)O[C@@H]4CO[P@@](=O)(S)O[C@H]3[C@H]2F)c(=O)[nH]1. The summed E-state index contributed by atoms with van der Waals surface area (Å²) in [5.74, 6) is -0.179. The number of H-pyrrole nitrogens is 1. The van der Waals surface area contributed by atoms with Gasteiger partial charge in [0.05, 0.1) is 25.9 Å². The molecule has 45 heavy (non-hydrogen) atoms. The van der Waals surface area contributed by atoms with E-state index in [-0.39, 0.29) is 34.1 Å². The third kappa shape index (κ3) is 5.54. The minimum atomic E-state index is -4.40. The summed E-state index contributed by atoms with van der Waals surface area (Å²) < 4.78 is 78.9. The van der Waals surface area contributed by atoms with Gasteiger partial charge in [-0.2, -0.15) is 4.98 Å². The fourth-order valence-corrected chi connectivity index (χ4v) is 8.25. The number of rotatable bonds is 2. The first-order valence-corrected chi connectivity index (χ1v) is 18.3. The monoisotopic (exact) mass is 708 g/mol. The predicted molar refractivity (Wildman–Crippen MR) is 156 cm³/mol. The van der Waals surface area contributed by atoms with Crippen molar-refractivity contribution in [2.75, 3.05) is 24.7 Å². The van der Waals surface area contributed by atoms with Crippen LogP contribution >= 0.6 is 38.1 Å². The van der Waals surface area contributed by atoms with Gasteiger partial charge in [-0.25, -0.2) is 33.5 Å². The van der Waals surface area contributed by atoms with Gasteiger partial charge < -0.3 is 26.0 Å². The van der Waals surface area contributed by atoms with Crippen LogP contribution in [0, 0.1) is 0 Å². The van der Waals surface area contributed by atoms with Gasteiger partial charge in [0.1, 0.15) is 42.4 Å². The van der Waals surface area contributed by atoms with Crippen molar-refractivity contribution >= 4 is 72.2 Å². The maximum absolute atomic E-state index is 16.0. The summed E-state index contributed by atoms with van der Waals surface area (Å²) in [6, 6.07) is 0. The van der Waals surface area contributed by atoms with E-state index in [9.17, 15) is 19.0 Å². The molecule has 6 N–H and O–H groups in total. The van der Waals surface area contributed by atoms with Gasteiger partial charge in [0.25, 0.3) is 5.56 Å². The van der Waals surface area contributed by atoms with E-state index in [1.807, 2.05) is 0 Å². The number of hydrogen-bond acceptors (Lipinski definition) is 17. The molecule has 20 nitrogen and oxygen atoms in total. The first-order valence-electron chi connectivity index (χ1n) is 12.9. The van der Waals surface area contributed by atoms with Crippen molar-refractivity contribution in [2.24, 2.45) is 0 Å². The minimum Gasteiger partial charge on any atom is -0.386 e. The number of ether oxygens (including phenoxy) is 2. The lowest BCUT2D eigenvalue weighted by molar-refractivity contribution is -0.0555. The van der Waals surface area contributed by atoms with Gasteiger partial charge in [-0.1, -0.05) is 24.5 Å². The summed E-state index contributed by atoms with van der Waals surface area (Å²) in [5.41, 5.74) is 11.0. The smallest absolute Gasteiger partial charge is 0.386 e. The van der Waals surface area contributed by atoms with Crippen LogP contribution in [0.25, 0.3) is 22.3 Å². The number of nitrogen functional groups attached to an aromatic ring is 2. The summed E-state index contributed by atoms with van der Waals surface area (Å²) in [6.45, 7) is -10.0. The molecule has 3 saturated heterocycles. The van der Waals surface area contributed by atoms with Crippen LogP contribution in [0.5, 0.6) is 0 Å². The fourth-order valence-electron chi connectivity index (χ4n) is 5.28. The Morgan fingerprint density at radius 2 is 1.51 bits per heavy atom. The summed E-state index contributed by atoms with van der Waals surface area (Å²) in [7, 11) is 0. The number of anilines is 2. The van der Waals surface area contributed by atoms with Gasteiger partial charge in [0.2, 0.25) is 5.95 Å². The van der Waals surface area contributed by atoms with E-state index in [1.54, 1.807) is 0 Å². The van der Waals surface area contributed by atoms with E-state index in [4.69, 9.17) is 39.0 Å². The molecule has 25 heteroatoms. The van der Waals surface area contributed by atoms with Crippen molar-refractivity contribution in [1.82, 2.24) is 39.0 Å². The van der Waals surface area contributed by atoms with Crippen LogP contribution in [0.4, 0.5) is 16.2 Å². The second-order valence-electron chi connectivity index (χ2n) is 10.1. The molecule has 0 bridgehead atoms. The quantitative estimate of drug-likeness (QED) is 0.122. The largest absolute Gasteiger partial charge is 0.386 e. The van der Waals surface area contributed by atoms with Crippen molar-refractivity contribution in [3.8, 4) is 0 Å². The number of nitrogens with two attached hydrogens (primary N) is 2. The normalized spacial score (nSPS) is 37.7. The molecule has 0 amide bonds. The lowest BCUT2D eigenvalue weighted by Crippen LogP contribution is -2.37. The van der Waals surface area contributed by atoms with Crippen LogP contribution in [0.2, 0.25) is 0 Å². The molecular weight excluding hydrogens is 685 g/mol. The highest BCUT2D eigenvalue weighted by Crippen LogP contribution is 2.60. The van der Waals surface area contributed by atoms with E-state index in [1.165, 1.54) is 17.2 Å². The molecule has 4 aromatic rings. The Morgan fingerprint density at radius 3 is 2.22 bits per heavy atom. The van der Waals surface area contributed by atoms with E-state index < -0.39 is 81.5 Å². The number of alkyl halides is 1. The highest BCUT2D eigenvalue weighted by atomic mass is 32.7. The molecule has 0 radical (unpaired) electrons. The second-order valence-corrected chi connectivity index (χ2v) is 15.8. The summed E-state index contributed by atoms with van der Waals surface area (Å²) in [4.78, 5) is 34.6. The maximum atomic E-state index is 16.0. The Labute approximate surface area is 260 Å². The van der Waals surface area contributed by atoms with Gasteiger partial charge in [0.15, 0.2) is 41.3 Å². The van der Waals surface area contributed by atoms with E-state index in [0.29, 0.717) is 0 Å². The molecule has 0 unspecified atom stereocenters. The van der Waals surface area contributed by atoms with Crippen LogP contribution in [-0.4, -0.2) is 94.0 Å². The number of nitrogens with zero attached hydrogens (tertiary/aromatic N) is 7. The van der Waals surface area contributed by atoms with Crippen molar-refractivity contribution in [2.45, 2.75) is 49.1 Å². The first-order chi connectivity index (χ1) is 21.3. The zero-order valence-corrected chi connectivity index (χ0v) is 25.9. The van der Waals surface area contributed by atoms with Gasteiger partial charge >= 0.3 is 13.6 Å². The molecular formula is C20H23FN10O10P2S2. The van der Waals surface area contributed by atoms with Crippen LogP contribution in [0.3, 0.4) is 0 Å². The molecule has 0 spiro atoms. The van der Waals surface area contributed by atoms with E-state index in [0.717, 1.165) is 10.9 Å². The Kier molecular flexibility index (Phi) is 7.72. The number of aliphatic hydroxyl groups is 1. The number of hydrogen-bond donors (Lipinski definition) is 6. The fraction of sp³-hybridized carbons (Fsp3) is 0.500. The number of fused-ring (bicyclic) bond motifs is 4. The van der Waals surface area contributed by atoms with Gasteiger partial charge in [-0.05, 0) is 0 Å². The molecule has 0 aromatic carbocycles. The van der Waals surface area contributed by atoms with Crippen LogP contribution in [0.1, 0.15) is 12.5 Å². The number of halogens is 1. The predicted octanol–water partition coefficient (Wildman–Crippen LogP) is 0.511. The van der Waals surface area contributed by atoms with Gasteiger partial charge in [0, 0.05) is 0 Å². The third-order valence-electron chi connectivity index (χ3n) is 7.28. The summed E-state index contributed by atoms with van der Waals surface area (Å²) in [5, 5.41) is 11.2. The van der Waals surface area contributed by atoms with E-state index in [2.05, 4.69) is 54.4 Å². The number of aromatic nitrogens is 8. The van der Waals surface area contributed by atoms with Crippen LogP contribution in [-0.2, 0) is 36.7 Å². The topological polar surface area (TPSA) is 269 Å². The molecule has 3 aliphatic heterocycles. The average molecular weight is 709 g/mol. The highest BCUT2D eigenvalue weighted by molar-refractivity contribution is 8.44. The number of thiol groups is 2. The Morgan fingerprint density at radius 1 is 0.911 bits per heavy atom. The zero-order chi connectivity index (χ0) is 31.8. The zero-order valence-electron chi connectivity index (χ0n) is 22.3. The standard InChI is InChI=1S/C20H23FN10O10P2S2/c21-8-12-6(38-18(8)31-5-27-10-16(31)28-20(23)29-17(10)33)1-36-43(35,45)41-13-7(2-37-42(34,44)40-12)39-19(11(13)32)30-4-26-9-14(22)24-3-25-15(9)30/h3-8,11-13,18-19,32H,1-2H2,(H,34,44)(H,35,45)(H2,22,24,25)(H3,23,28,29,33)/t6-,7-,8-,11-,12-,13-,18-,19-,42-,43-/m1/s1. The third-order valence-corrected chi connectivity index (χ3v) is 10.5. The highest BCUT2D eigenvalue weighted by Gasteiger charge is 2.54. The van der Waals surface area contributed by atoms with Gasteiger partial charge in [-0.3, -0.25) is 37.0 Å². The number of nitrogens with one attached hydrogen (secondary N) is 1. The number of aliphatic hydroxyl groups excluding tert-OH is 1. The van der Waals surface area contributed by atoms with Crippen LogP contribution < -0.4 is 17.0 Å². The van der Waals surface area contributed by atoms with Gasteiger partial charge in [-0.15, -0.1) is 0 Å². The lowest BCUT2D eigenvalue weighted by atomic mass is 10.1. The Hall–Kier alpha value is -2.69. The maximum Gasteiger partial charge on any atom is 0.386 e. The number of imidazole rings is 2. The molecule has 0 aliphatic carbocycles. The summed E-state index contributed by atoms with van der Waals surface area (Å²) >= 11 is 8.03. The van der Waals surface area contributed by atoms with Crippen LogP contribution in [0.15, 0.2) is 23.8 Å². The summed E-state index contributed by atoms with van der Waals surface area (Å²) in [6.07, 6.45) is -8.62. The Bertz CT molecular complexity index is 1950. The first kappa shape index (κ1) is 30.9. The Balaban J connectivity index is 1.17. The molecule has 3 fully saturated rings. The molecule has 7 rings (SSSR count). The van der Waals surface area contributed by atoms with Crippen molar-refractivity contribution in [3.05, 3.63) is 29.3 Å². The second kappa shape index (κ2) is 11.2. The van der Waals surface area contributed by atoms with Crippen molar-refractivity contribution in [1.29, 1.82) is 0 Å². The molecule has 10 atom stereocenters. The van der Waals surface area contributed by atoms with E-state index >= 15 is 4.39 Å². The molecule has 4 aromatic heterocycles. The molecule has 0 saturated carbocycles. The number of aromatic amines is 1. The molecule has 7 heterocycles. The van der Waals surface area contributed by atoms with Crippen molar-refractivity contribution < 1.29 is 46.2 Å². The molecule has 242 valence electrons. The average Bonchev–Trinajstić information content (AvgIpc) is 3.72.